The Balaban J connectivity index is 2.19. The van der Waals surface area contributed by atoms with Gasteiger partial charge in [0.25, 0.3) is 0 Å². The summed E-state index contributed by atoms with van der Waals surface area (Å²) in [6.07, 6.45) is 2.54. The number of piperidine rings is 1. The highest BCUT2D eigenvalue weighted by atomic mass is 16.1. The molecule has 1 aliphatic rings. The Kier molecular flexibility index (Phi) is 6.65. The predicted octanol–water partition coefficient (Wildman–Crippen LogP) is 1.08. The molecule has 1 rings (SSSR count). The highest BCUT2D eigenvalue weighted by Gasteiger charge is 2.22. The van der Waals surface area contributed by atoms with Crippen LogP contribution in [0.15, 0.2) is 0 Å². The first-order valence-corrected chi connectivity index (χ1v) is 7.17. The number of nitrogens with zero attached hydrogens (tertiary/aromatic N) is 1. The summed E-state index contributed by atoms with van der Waals surface area (Å²) in [4.78, 5) is 14.0. The lowest BCUT2D eigenvalue weighted by molar-refractivity contribution is -0.120. The number of rotatable bonds is 6. The molecule has 1 amide bonds. The lowest BCUT2D eigenvalue weighted by Gasteiger charge is -2.33. The maximum Gasteiger partial charge on any atom is 0.233 e. The monoisotopic (exact) mass is 255 g/mol. The van der Waals surface area contributed by atoms with Crippen LogP contribution in [0.4, 0.5) is 0 Å². The van der Waals surface area contributed by atoms with Gasteiger partial charge < -0.3 is 15.5 Å². The van der Waals surface area contributed by atoms with E-state index in [1.807, 2.05) is 0 Å². The second kappa shape index (κ2) is 7.74. The Hall–Kier alpha value is -0.610. The van der Waals surface area contributed by atoms with Gasteiger partial charge >= 0.3 is 0 Å². The number of carbonyl (C=O) groups excluding carboxylic acids is 1. The lowest BCUT2D eigenvalue weighted by atomic mass is 9.92. The van der Waals surface area contributed by atoms with E-state index in [0.29, 0.717) is 24.4 Å². The fraction of sp³-hybridized carbons (Fsp3) is 0.929. The highest BCUT2D eigenvalue weighted by Crippen LogP contribution is 2.18. The normalized spacial score (nSPS) is 23.1. The van der Waals surface area contributed by atoms with E-state index in [1.165, 1.54) is 19.4 Å². The van der Waals surface area contributed by atoms with Gasteiger partial charge in [0, 0.05) is 19.1 Å². The minimum absolute atomic E-state index is 0.111. The van der Waals surface area contributed by atoms with Crippen LogP contribution in [0.3, 0.4) is 0 Å². The van der Waals surface area contributed by atoms with Crippen molar-refractivity contribution < 1.29 is 4.79 Å². The minimum Gasteiger partial charge on any atom is -0.355 e. The van der Waals surface area contributed by atoms with Gasteiger partial charge in [-0.25, -0.2) is 0 Å². The van der Waals surface area contributed by atoms with Crippen molar-refractivity contribution in [3.63, 3.8) is 0 Å². The summed E-state index contributed by atoms with van der Waals surface area (Å²) < 4.78 is 0. The third kappa shape index (κ3) is 5.83. The molecule has 18 heavy (non-hydrogen) atoms. The van der Waals surface area contributed by atoms with Crippen LogP contribution in [-0.2, 0) is 4.79 Å². The summed E-state index contributed by atoms with van der Waals surface area (Å²) in [5.74, 6) is 1.29. The zero-order valence-electron chi connectivity index (χ0n) is 12.3. The number of carbonyl (C=O) groups is 1. The Morgan fingerprint density at radius 3 is 2.72 bits per heavy atom. The molecule has 0 spiro atoms. The molecule has 4 heteroatoms. The zero-order chi connectivity index (χ0) is 13.5. The van der Waals surface area contributed by atoms with Crippen molar-refractivity contribution in [1.29, 1.82) is 0 Å². The minimum atomic E-state index is 0.111. The second-order valence-corrected chi connectivity index (χ2v) is 6.03. The first-order chi connectivity index (χ1) is 8.49. The van der Waals surface area contributed by atoms with E-state index in [2.05, 4.69) is 43.4 Å². The van der Waals surface area contributed by atoms with Crippen LogP contribution >= 0.6 is 0 Å². The SMILES string of the molecule is CC(C)CNC(=O)CNC(C)C1CCCN(C)C1. The summed E-state index contributed by atoms with van der Waals surface area (Å²) in [6.45, 7) is 9.96. The van der Waals surface area contributed by atoms with E-state index in [0.717, 1.165) is 13.1 Å². The summed E-state index contributed by atoms with van der Waals surface area (Å²) >= 11 is 0. The van der Waals surface area contributed by atoms with Crippen LogP contribution in [0.5, 0.6) is 0 Å². The van der Waals surface area contributed by atoms with Gasteiger partial charge in [0.05, 0.1) is 6.54 Å². The Labute approximate surface area is 111 Å². The lowest BCUT2D eigenvalue weighted by Crippen LogP contribution is -2.46. The van der Waals surface area contributed by atoms with Gasteiger partial charge in [-0.05, 0) is 45.2 Å². The highest BCUT2D eigenvalue weighted by molar-refractivity contribution is 5.77. The van der Waals surface area contributed by atoms with Gasteiger partial charge in [0.15, 0.2) is 0 Å². The molecule has 1 saturated heterocycles. The molecule has 0 aliphatic carbocycles. The third-order valence-electron chi connectivity index (χ3n) is 3.66. The van der Waals surface area contributed by atoms with E-state index in [1.54, 1.807) is 0 Å². The predicted molar refractivity (Wildman–Crippen MR) is 75.5 cm³/mol. The van der Waals surface area contributed by atoms with Crippen LogP contribution < -0.4 is 10.6 Å². The van der Waals surface area contributed by atoms with E-state index in [4.69, 9.17) is 0 Å². The Bertz CT molecular complexity index is 255. The standard InChI is InChI=1S/C14H29N3O/c1-11(2)8-16-14(18)9-15-12(3)13-6-5-7-17(4)10-13/h11-13,15H,5-10H2,1-4H3,(H,16,18). The number of hydrogen-bond donors (Lipinski definition) is 2. The fourth-order valence-electron chi connectivity index (χ4n) is 2.42. The summed E-state index contributed by atoms with van der Waals surface area (Å²) in [6, 6.07) is 0.414. The first kappa shape index (κ1) is 15.4. The molecule has 0 radical (unpaired) electrons. The smallest absolute Gasteiger partial charge is 0.233 e. The zero-order valence-corrected chi connectivity index (χ0v) is 12.3. The molecule has 1 heterocycles. The molecule has 0 aromatic rings. The van der Waals surface area contributed by atoms with Gasteiger partial charge in [-0.2, -0.15) is 0 Å². The molecular formula is C14H29N3O. The van der Waals surface area contributed by atoms with Crippen molar-refractivity contribution in [3.05, 3.63) is 0 Å². The number of hydrogen-bond acceptors (Lipinski definition) is 3. The maximum atomic E-state index is 11.6. The molecule has 2 N–H and O–H groups in total. The van der Waals surface area contributed by atoms with Crippen molar-refractivity contribution in [2.75, 3.05) is 33.2 Å². The number of likely N-dealkylation sites (tertiary alicyclic amines) is 1. The van der Waals surface area contributed by atoms with E-state index in [-0.39, 0.29) is 5.91 Å². The summed E-state index contributed by atoms with van der Waals surface area (Å²) in [5, 5.41) is 6.29. The average Bonchev–Trinajstić information content (AvgIpc) is 2.33. The largest absolute Gasteiger partial charge is 0.355 e. The van der Waals surface area contributed by atoms with Crippen LogP contribution in [0, 0.1) is 11.8 Å². The average molecular weight is 255 g/mol. The molecule has 2 unspecified atom stereocenters. The van der Waals surface area contributed by atoms with E-state index in [9.17, 15) is 4.79 Å². The second-order valence-electron chi connectivity index (χ2n) is 6.03. The first-order valence-electron chi connectivity index (χ1n) is 7.17. The molecule has 1 aliphatic heterocycles. The van der Waals surface area contributed by atoms with Gasteiger partial charge in [0.1, 0.15) is 0 Å². The number of nitrogens with one attached hydrogen (secondary N) is 2. The van der Waals surface area contributed by atoms with Crippen LogP contribution in [-0.4, -0.2) is 50.1 Å². The quantitative estimate of drug-likeness (QED) is 0.746. The van der Waals surface area contributed by atoms with Gasteiger partial charge in [-0.15, -0.1) is 0 Å². The molecule has 0 bridgehead atoms. The molecule has 0 aromatic heterocycles. The van der Waals surface area contributed by atoms with Crippen molar-refractivity contribution in [2.45, 2.75) is 39.7 Å². The Morgan fingerprint density at radius 1 is 1.39 bits per heavy atom. The van der Waals surface area contributed by atoms with Gasteiger partial charge in [-0.3, -0.25) is 4.79 Å². The summed E-state index contributed by atoms with van der Waals surface area (Å²) in [5.41, 5.74) is 0. The topological polar surface area (TPSA) is 44.4 Å². The molecule has 0 aromatic carbocycles. The van der Waals surface area contributed by atoms with Crippen molar-refractivity contribution in [2.24, 2.45) is 11.8 Å². The molecule has 106 valence electrons. The van der Waals surface area contributed by atoms with E-state index < -0.39 is 0 Å². The fourth-order valence-corrected chi connectivity index (χ4v) is 2.42. The van der Waals surface area contributed by atoms with Crippen LogP contribution in [0.25, 0.3) is 0 Å². The molecule has 2 atom stereocenters. The van der Waals surface area contributed by atoms with Crippen molar-refractivity contribution in [1.82, 2.24) is 15.5 Å². The van der Waals surface area contributed by atoms with Gasteiger partial charge in [0.2, 0.25) is 5.91 Å². The van der Waals surface area contributed by atoms with Crippen LogP contribution in [0.1, 0.15) is 33.6 Å². The molecule has 0 saturated carbocycles. The van der Waals surface area contributed by atoms with Gasteiger partial charge in [-0.1, -0.05) is 13.8 Å². The van der Waals surface area contributed by atoms with Crippen molar-refractivity contribution >= 4 is 5.91 Å². The third-order valence-corrected chi connectivity index (χ3v) is 3.66. The maximum absolute atomic E-state index is 11.6. The van der Waals surface area contributed by atoms with Crippen LogP contribution in [0.2, 0.25) is 0 Å². The number of amides is 1. The van der Waals surface area contributed by atoms with E-state index >= 15 is 0 Å². The van der Waals surface area contributed by atoms with Crippen molar-refractivity contribution in [3.8, 4) is 0 Å². The summed E-state index contributed by atoms with van der Waals surface area (Å²) in [7, 11) is 2.17. The molecular weight excluding hydrogens is 226 g/mol. The Morgan fingerprint density at radius 2 is 2.11 bits per heavy atom. The molecule has 4 nitrogen and oxygen atoms in total. The molecule has 1 fully saturated rings.